The summed E-state index contributed by atoms with van der Waals surface area (Å²) in [5.41, 5.74) is 5.78. The largest absolute Gasteiger partial charge is 0.334 e. The molecule has 23 heavy (non-hydrogen) atoms. The van der Waals surface area contributed by atoms with Gasteiger partial charge in [-0.1, -0.05) is 19.9 Å². The zero-order valence-electron chi connectivity index (χ0n) is 14.2. The highest BCUT2D eigenvalue weighted by atomic mass is 32.1. The van der Waals surface area contributed by atoms with Gasteiger partial charge in [0, 0.05) is 19.4 Å². The van der Waals surface area contributed by atoms with Crippen molar-refractivity contribution in [1.82, 2.24) is 19.5 Å². The Morgan fingerprint density at radius 1 is 1.00 bits per heavy atom. The lowest BCUT2D eigenvalue weighted by atomic mass is 10.2. The van der Waals surface area contributed by atoms with Crippen LogP contribution >= 0.6 is 11.3 Å². The van der Waals surface area contributed by atoms with Crippen molar-refractivity contribution in [3.63, 3.8) is 0 Å². The highest BCUT2D eigenvalue weighted by molar-refractivity contribution is 7.16. The van der Waals surface area contributed by atoms with E-state index in [1.54, 1.807) is 23.7 Å². The number of hydrogen-bond donors (Lipinski definition) is 0. The van der Waals surface area contributed by atoms with Gasteiger partial charge in [-0.25, -0.2) is 9.97 Å². The van der Waals surface area contributed by atoms with Gasteiger partial charge >= 0.3 is 0 Å². The molecular weight excluding hydrogens is 304 g/mol. The molecule has 0 bridgehead atoms. The van der Waals surface area contributed by atoms with Crippen LogP contribution in [0.3, 0.4) is 0 Å². The predicted octanol–water partition coefficient (Wildman–Crippen LogP) is 4.91. The van der Waals surface area contributed by atoms with E-state index < -0.39 is 0 Å². The van der Waals surface area contributed by atoms with Crippen molar-refractivity contribution in [2.24, 2.45) is 7.05 Å². The molecule has 0 saturated carbocycles. The van der Waals surface area contributed by atoms with Gasteiger partial charge in [-0.2, -0.15) is 0 Å². The fraction of sp³-hybridized carbons (Fsp3) is 0.278. The fourth-order valence-electron chi connectivity index (χ4n) is 2.13. The zero-order valence-corrected chi connectivity index (χ0v) is 15.1. The lowest BCUT2D eigenvalue weighted by Crippen LogP contribution is -1.82. The molecule has 4 nitrogen and oxygen atoms in total. The first-order valence-electron chi connectivity index (χ1n) is 7.67. The van der Waals surface area contributed by atoms with Crippen molar-refractivity contribution in [1.29, 1.82) is 0 Å². The van der Waals surface area contributed by atoms with Crippen molar-refractivity contribution >= 4 is 32.7 Å². The van der Waals surface area contributed by atoms with Gasteiger partial charge in [0.15, 0.2) is 0 Å². The average molecular weight is 326 g/mol. The van der Waals surface area contributed by atoms with Crippen molar-refractivity contribution in [3.8, 4) is 0 Å². The molecule has 0 atom stereocenters. The normalized spacial score (nSPS) is 9.96. The molecule has 0 saturated heterocycles. The Labute approximate surface area is 140 Å². The third-order valence-corrected chi connectivity index (χ3v) is 4.26. The molecule has 0 unspecified atom stereocenters. The first-order chi connectivity index (χ1) is 11.1. The number of aryl methyl sites for hydroxylation is 3. The maximum atomic E-state index is 4.24. The summed E-state index contributed by atoms with van der Waals surface area (Å²) >= 11 is 1.64. The molecule has 120 valence electrons. The Morgan fingerprint density at radius 3 is 2.48 bits per heavy atom. The van der Waals surface area contributed by atoms with Crippen LogP contribution in [-0.2, 0) is 7.05 Å². The number of benzene rings is 1. The standard InChI is InChI=1S/C9H10N2.C7H6N2S.C2H6/c1-7-3-4-9-8(5-7)10-6-11(9)2;1-5-4-10-7-6(5)8-2-3-9-7;1-2/h3-6H,1-2H3;2-4H,1H3;1-2H3. The molecule has 0 amide bonds. The lowest BCUT2D eigenvalue weighted by Gasteiger charge is -1.93. The second-order valence-corrected chi connectivity index (χ2v) is 5.83. The number of imidazole rings is 1. The minimum atomic E-state index is 1.03. The Kier molecular flexibility index (Phi) is 5.82. The predicted molar refractivity (Wildman–Crippen MR) is 99.0 cm³/mol. The Bertz CT molecular complexity index is 892. The van der Waals surface area contributed by atoms with Gasteiger partial charge in [0.2, 0.25) is 0 Å². The molecule has 0 aliphatic carbocycles. The van der Waals surface area contributed by atoms with Crippen molar-refractivity contribution in [3.05, 3.63) is 53.4 Å². The molecular formula is C18H22N4S. The number of fused-ring (bicyclic) bond motifs is 2. The van der Waals surface area contributed by atoms with E-state index in [1.165, 1.54) is 16.6 Å². The Morgan fingerprint density at radius 2 is 1.74 bits per heavy atom. The van der Waals surface area contributed by atoms with Gasteiger partial charge in [-0.15, -0.1) is 11.3 Å². The number of hydrogen-bond acceptors (Lipinski definition) is 4. The van der Waals surface area contributed by atoms with Crippen LogP contribution in [0.4, 0.5) is 0 Å². The summed E-state index contributed by atoms with van der Waals surface area (Å²) in [5, 5.41) is 2.07. The molecule has 1 aromatic carbocycles. The Balaban J connectivity index is 0.000000152. The average Bonchev–Trinajstić information content (AvgIpc) is 3.14. The van der Waals surface area contributed by atoms with E-state index in [9.17, 15) is 0 Å². The quantitative estimate of drug-likeness (QED) is 0.461. The summed E-state index contributed by atoms with van der Waals surface area (Å²) in [6.07, 6.45) is 5.28. The molecule has 3 heterocycles. The molecule has 0 N–H and O–H groups in total. The fourth-order valence-corrected chi connectivity index (χ4v) is 2.98. The molecule has 0 fully saturated rings. The van der Waals surface area contributed by atoms with Crippen molar-refractivity contribution in [2.75, 3.05) is 0 Å². The summed E-state index contributed by atoms with van der Waals surface area (Å²) in [4.78, 5) is 13.6. The van der Waals surface area contributed by atoms with Gasteiger partial charge < -0.3 is 4.57 Å². The monoisotopic (exact) mass is 326 g/mol. The van der Waals surface area contributed by atoms with Gasteiger partial charge in [0.1, 0.15) is 10.3 Å². The molecule has 4 aromatic rings. The highest BCUT2D eigenvalue weighted by Crippen LogP contribution is 2.19. The summed E-state index contributed by atoms with van der Waals surface area (Å²) in [7, 11) is 2.00. The third kappa shape index (κ3) is 3.93. The van der Waals surface area contributed by atoms with E-state index in [0.717, 1.165) is 15.9 Å². The molecule has 5 heteroatoms. The van der Waals surface area contributed by atoms with E-state index >= 15 is 0 Å². The molecule has 0 aliphatic rings. The smallest absolute Gasteiger partial charge is 0.142 e. The minimum Gasteiger partial charge on any atom is -0.334 e. The van der Waals surface area contributed by atoms with Crippen LogP contribution in [0.5, 0.6) is 0 Å². The maximum absolute atomic E-state index is 4.24. The second kappa shape index (κ2) is 7.83. The topological polar surface area (TPSA) is 43.6 Å². The highest BCUT2D eigenvalue weighted by Gasteiger charge is 1.99. The second-order valence-electron chi connectivity index (χ2n) is 4.98. The van der Waals surface area contributed by atoms with Crippen molar-refractivity contribution < 1.29 is 0 Å². The van der Waals surface area contributed by atoms with E-state index in [1.807, 2.05) is 38.7 Å². The minimum absolute atomic E-state index is 1.03. The number of rotatable bonds is 0. The van der Waals surface area contributed by atoms with E-state index in [-0.39, 0.29) is 0 Å². The summed E-state index contributed by atoms with van der Waals surface area (Å²) in [6.45, 7) is 8.13. The van der Waals surface area contributed by atoms with Crippen molar-refractivity contribution in [2.45, 2.75) is 27.7 Å². The molecule has 0 spiro atoms. The Hall–Kier alpha value is -2.27. The zero-order chi connectivity index (χ0) is 16.8. The molecule has 0 aliphatic heterocycles. The maximum Gasteiger partial charge on any atom is 0.142 e. The van der Waals surface area contributed by atoms with Crippen LogP contribution in [0.2, 0.25) is 0 Å². The van der Waals surface area contributed by atoms with Crippen LogP contribution in [0.1, 0.15) is 25.0 Å². The lowest BCUT2D eigenvalue weighted by molar-refractivity contribution is 0.947. The van der Waals surface area contributed by atoms with Gasteiger partial charge in [0.05, 0.1) is 17.4 Å². The van der Waals surface area contributed by atoms with E-state index in [4.69, 9.17) is 0 Å². The van der Waals surface area contributed by atoms with Gasteiger partial charge in [0.25, 0.3) is 0 Å². The van der Waals surface area contributed by atoms with E-state index in [0.29, 0.717) is 0 Å². The SMILES string of the molecule is CC.Cc1ccc2c(c1)ncn2C.Cc1csc2nccnc12. The molecule has 3 aromatic heterocycles. The van der Waals surface area contributed by atoms with Crippen LogP contribution in [0.15, 0.2) is 42.3 Å². The van der Waals surface area contributed by atoms with Crippen LogP contribution < -0.4 is 0 Å². The van der Waals surface area contributed by atoms with Crippen LogP contribution in [0.25, 0.3) is 21.4 Å². The molecule has 4 rings (SSSR count). The molecule has 0 radical (unpaired) electrons. The number of aromatic nitrogens is 4. The first-order valence-corrected chi connectivity index (χ1v) is 8.55. The van der Waals surface area contributed by atoms with Crippen LogP contribution in [-0.4, -0.2) is 19.5 Å². The summed E-state index contributed by atoms with van der Waals surface area (Å²) in [5.74, 6) is 0. The first kappa shape index (κ1) is 17.1. The number of thiophene rings is 1. The van der Waals surface area contributed by atoms with Gasteiger partial charge in [-0.05, 0) is 42.5 Å². The van der Waals surface area contributed by atoms with Crippen LogP contribution in [0, 0.1) is 13.8 Å². The van der Waals surface area contributed by atoms with Gasteiger partial charge in [-0.3, -0.25) is 4.98 Å². The summed E-state index contributed by atoms with van der Waals surface area (Å²) < 4.78 is 2.02. The summed E-state index contributed by atoms with van der Waals surface area (Å²) in [6, 6.07) is 6.29. The van der Waals surface area contributed by atoms with E-state index in [2.05, 4.69) is 45.5 Å². The number of nitrogens with zero attached hydrogens (tertiary/aromatic N) is 4. The third-order valence-electron chi connectivity index (χ3n) is 3.27.